The van der Waals surface area contributed by atoms with Crippen molar-refractivity contribution in [3.63, 3.8) is 0 Å². The first-order chi connectivity index (χ1) is 14.5. The summed E-state index contributed by atoms with van der Waals surface area (Å²) < 4.78 is 37.4. The predicted octanol–water partition coefficient (Wildman–Crippen LogP) is 2.63. The zero-order valence-corrected chi connectivity index (χ0v) is 18.5. The number of aromatic amines is 1. The SMILES string of the molecule is [B]C([B])(O[P+]1(O)OCc2cc(C)cc(C)c2O1)C1CCC(n2cc(F)c(=O)[nH]c2=S)O1. The topological polar surface area (TPSA) is 94.9 Å². The summed E-state index contributed by atoms with van der Waals surface area (Å²) in [5.74, 6) is -0.541. The number of rotatable bonds is 4. The monoisotopic (exact) mass is 463 g/mol. The van der Waals surface area contributed by atoms with Crippen molar-refractivity contribution in [1.82, 2.24) is 9.55 Å². The van der Waals surface area contributed by atoms with Gasteiger partial charge >= 0.3 is 8.17 Å². The highest BCUT2D eigenvalue weighted by atomic mass is 32.1. The highest BCUT2D eigenvalue weighted by Gasteiger charge is 2.56. The van der Waals surface area contributed by atoms with Crippen LogP contribution >= 0.6 is 20.4 Å². The Morgan fingerprint density at radius 1 is 1.39 bits per heavy atom. The molecule has 0 aliphatic carbocycles. The summed E-state index contributed by atoms with van der Waals surface area (Å²) in [5, 5.41) is -1.98. The summed E-state index contributed by atoms with van der Waals surface area (Å²) in [5.41, 5.74) is 1.70. The highest BCUT2D eigenvalue weighted by molar-refractivity contribution is 7.71. The van der Waals surface area contributed by atoms with Crippen LogP contribution in [-0.2, 0) is 20.4 Å². The minimum atomic E-state index is -3.89. The molecule has 1 aromatic carbocycles. The Hall–Kier alpha value is -1.55. The second-order valence-corrected chi connectivity index (χ2v) is 9.60. The summed E-state index contributed by atoms with van der Waals surface area (Å²) >= 11 is 5.07. The number of halogens is 1. The van der Waals surface area contributed by atoms with Gasteiger partial charge in [-0.05, 0) is 50.5 Å². The number of hydrogen-bond donors (Lipinski definition) is 2. The lowest BCUT2D eigenvalue weighted by molar-refractivity contribution is -0.0557. The fourth-order valence-electron chi connectivity index (χ4n) is 3.71. The van der Waals surface area contributed by atoms with Gasteiger partial charge < -0.3 is 4.74 Å². The van der Waals surface area contributed by atoms with Crippen LogP contribution in [0.25, 0.3) is 0 Å². The van der Waals surface area contributed by atoms with Crippen LogP contribution in [0.3, 0.4) is 0 Å². The first-order valence-corrected chi connectivity index (χ1v) is 11.4. The number of nitrogens with zero attached hydrogens (tertiary/aromatic N) is 1. The molecule has 4 radical (unpaired) electrons. The van der Waals surface area contributed by atoms with Crippen molar-refractivity contribution in [3.8, 4) is 5.75 Å². The molecule has 31 heavy (non-hydrogen) atoms. The molecule has 0 saturated carbocycles. The minimum absolute atomic E-state index is 0.00920. The first kappa shape index (κ1) is 22.6. The van der Waals surface area contributed by atoms with Crippen molar-refractivity contribution in [3.05, 3.63) is 56.0 Å². The highest BCUT2D eigenvalue weighted by Crippen LogP contribution is 2.64. The molecule has 2 aliphatic rings. The largest absolute Gasteiger partial charge is 0.618 e. The predicted molar refractivity (Wildman–Crippen MR) is 115 cm³/mol. The van der Waals surface area contributed by atoms with Crippen LogP contribution < -0.4 is 10.1 Å². The fraction of sp³-hybridized carbons (Fsp3) is 0.444. The van der Waals surface area contributed by atoms with Gasteiger partial charge in [0.2, 0.25) is 5.82 Å². The van der Waals surface area contributed by atoms with Gasteiger partial charge in [0.25, 0.3) is 5.56 Å². The zero-order valence-electron chi connectivity index (χ0n) is 16.8. The summed E-state index contributed by atoms with van der Waals surface area (Å²) in [4.78, 5) is 24.4. The molecule has 0 spiro atoms. The smallest absolute Gasteiger partial charge is 0.353 e. The molecule has 3 atom stereocenters. The number of benzene rings is 1. The van der Waals surface area contributed by atoms with Crippen molar-refractivity contribution >= 4 is 36.1 Å². The minimum Gasteiger partial charge on any atom is -0.353 e. The van der Waals surface area contributed by atoms with Gasteiger partial charge in [0.15, 0.2) is 10.5 Å². The Balaban J connectivity index is 1.50. The normalized spacial score (nSPS) is 25.8. The van der Waals surface area contributed by atoms with E-state index in [1.807, 2.05) is 26.0 Å². The number of fused-ring (bicyclic) bond motifs is 1. The number of H-pyrrole nitrogens is 1. The van der Waals surface area contributed by atoms with E-state index in [2.05, 4.69) is 4.98 Å². The number of aromatic nitrogens is 2. The molecular formula is C18H19B2FN2O6PS+. The second-order valence-electron chi connectivity index (χ2n) is 7.65. The van der Waals surface area contributed by atoms with Gasteiger partial charge in [0, 0.05) is 5.56 Å². The molecule has 2 aromatic rings. The Bertz CT molecular complexity index is 1150. The Morgan fingerprint density at radius 2 is 2.13 bits per heavy atom. The third-order valence-electron chi connectivity index (χ3n) is 5.09. The Morgan fingerprint density at radius 3 is 2.87 bits per heavy atom. The summed E-state index contributed by atoms with van der Waals surface area (Å²) in [6, 6.07) is 3.80. The van der Waals surface area contributed by atoms with E-state index in [4.69, 9.17) is 46.2 Å². The molecule has 1 aromatic heterocycles. The van der Waals surface area contributed by atoms with E-state index >= 15 is 0 Å². The van der Waals surface area contributed by atoms with Crippen molar-refractivity contribution in [2.45, 2.75) is 51.0 Å². The van der Waals surface area contributed by atoms with Gasteiger partial charge in [-0.25, -0.2) is 0 Å². The number of aryl methyl sites for hydroxylation is 2. The maximum atomic E-state index is 13.7. The van der Waals surface area contributed by atoms with Gasteiger partial charge in [0.1, 0.15) is 28.5 Å². The van der Waals surface area contributed by atoms with Crippen LogP contribution in [0.1, 0.15) is 35.8 Å². The quantitative estimate of drug-likeness (QED) is 0.409. The van der Waals surface area contributed by atoms with Gasteiger partial charge in [-0.3, -0.25) is 18.9 Å². The van der Waals surface area contributed by atoms with E-state index in [1.54, 1.807) is 0 Å². The van der Waals surface area contributed by atoms with Crippen LogP contribution in [0, 0.1) is 24.4 Å². The summed E-state index contributed by atoms with van der Waals surface area (Å²) in [6.07, 6.45) is 0.00942. The molecule has 160 valence electrons. The molecular weight excluding hydrogens is 444 g/mol. The molecule has 1 fully saturated rings. The standard InChI is InChI=1S/C18H18B2FN2O6PS/c1-9-5-10(2)15-11(6-9)8-26-30(25,28-15)29-18(19,20)13-3-4-14(27-13)23-7-12(21)16(24)22-17(23)31/h5-7,13-14,25H,3-4,8H2,1-2H3/p+1. The van der Waals surface area contributed by atoms with E-state index in [-0.39, 0.29) is 11.4 Å². The lowest BCUT2D eigenvalue weighted by atomic mass is 9.61. The molecule has 0 amide bonds. The number of hydrogen-bond acceptors (Lipinski definition) is 7. The maximum absolute atomic E-state index is 13.7. The molecule has 2 N–H and O–H groups in total. The van der Waals surface area contributed by atoms with E-state index < -0.39 is 37.3 Å². The summed E-state index contributed by atoms with van der Waals surface area (Å²) in [7, 11) is 8.36. The average Bonchev–Trinajstić information content (AvgIpc) is 3.16. The van der Waals surface area contributed by atoms with Crippen LogP contribution in [0.15, 0.2) is 23.1 Å². The Labute approximate surface area is 186 Å². The van der Waals surface area contributed by atoms with Gasteiger partial charge in [-0.15, -0.1) is 4.52 Å². The van der Waals surface area contributed by atoms with Gasteiger partial charge in [-0.2, -0.15) is 13.8 Å². The molecule has 3 heterocycles. The van der Waals surface area contributed by atoms with Crippen molar-refractivity contribution in [2.75, 3.05) is 0 Å². The molecule has 3 unspecified atom stereocenters. The zero-order chi connectivity index (χ0) is 22.6. The van der Waals surface area contributed by atoms with Gasteiger partial charge in [0.05, 0.1) is 17.7 Å². The lowest BCUT2D eigenvalue weighted by Gasteiger charge is -2.33. The number of nitrogens with one attached hydrogen (secondary N) is 1. The third kappa shape index (κ3) is 4.51. The molecule has 1 saturated heterocycles. The van der Waals surface area contributed by atoms with Crippen LogP contribution in [-0.4, -0.2) is 41.6 Å². The average molecular weight is 463 g/mol. The van der Waals surface area contributed by atoms with Crippen LogP contribution in [0.5, 0.6) is 5.75 Å². The van der Waals surface area contributed by atoms with Crippen molar-refractivity contribution in [1.29, 1.82) is 0 Å². The fourth-order valence-corrected chi connectivity index (χ4v) is 5.42. The van der Waals surface area contributed by atoms with Crippen LogP contribution in [0.2, 0.25) is 0 Å². The van der Waals surface area contributed by atoms with Gasteiger partial charge in [-0.1, -0.05) is 11.6 Å². The first-order valence-electron chi connectivity index (χ1n) is 9.48. The molecule has 13 heteroatoms. The molecule has 2 aliphatic heterocycles. The number of ether oxygens (including phenoxy) is 1. The Kier molecular flexibility index (Phi) is 5.91. The third-order valence-corrected chi connectivity index (χ3v) is 6.82. The summed E-state index contributed by atoms with van der Waals surface area (Å²) in [6.45, 7) is 3.86. The van der Waals surface area contributed by atoms with Crippen molar-refractivity contribution < 1.29 is 27.6 Å². The molecule has 0 bridgehead atoms. The van der Waals surface area contributed by atoms with E-state index in [9.17, 15) is 14.1 Å². The second kappa shape index (κ2) is 8.10. The van der Waals surface area contributed by atoms with E-state index in [1.165, 1.54) is 4.57 Å². The molecule has 8 nitrogen and oxygen atoms in total. The lowest BCUT2D eigenvalue weighted by Crippen LogP contribution is -2.47. The van der Waals surface area contributed by atoms with E-state index in [0.717, 1.165) is 22.9 Å². The maximum Gasteiger partial charge on any atom is 0.618 e. The molecule has 4 rings (SSSR count). The van der Waals surface area contributed by atoms with Crippen LogP contribution in [0.4, 0.5) is 4.39 Å². The van der Waals surface area contributed by atoms with Crippen molar-refractivity contribution in [2.24, 2.45) is 0 Å². The van der Waals surface area contributed by atoms with E-state index in [0.29, 0.717) is 18.6 Å².